The highest BCUT2D eigenvalue weighted by Crippen LogP contribution is 2.31. The van der Waals surface area contributed by atoms with Crippen molar-refractivity contribution >= 4 is 40.6 Å². The minimum Gasteiger partial charge on any atom is -0.493 e. The van der Waals surface area contributed by atoms with Gasteiger partial charge < -0.3 is 15.8 Å². The lowest BCUT2D eigenvalue weighted by Gasteiger charge is -2.12. The molecule has 31 heavy (non-hydrogen) atoms. The van der Waals surface area contributed by atoms with Gasteiger partial charge in [-0.2, -0.15) is 0 Å². The van der Waals surface area contributed by atoms with Crippen LogP contribution in [0.3, 0.4) is 0 Å². The molecule has 8 heteroatoms. The van der Waals surface area contributed by atoms with E-state index in [4.69, 9.17) is 32.5 Å². The lowest BCUT2D eigenvalue weighted by molar-refractivity contribution is 0.0953. The first-order valence-electron chi connectivity index (χ1n) is 9.94. The van der Waals surface area contributed by atoms with Gasteiger partial charge in [-0.3, -0.25) is 10.2 Å². The van der Waals surface area contributed by atoms with Crippen LogP contribution < -0.4 is 15.8 Å². The molecule has 0 unspecified atom stereocenters. The highest BCUT2D eigenvalue weighted by atomic mass is 35.5. The molecule has 0 aliphatic rings. The van der Waals surface area contributed by atoms with Gasteiger partial charge in [0.05, 0.1) is 17.8 Å². The molecule has 0 fully saturated rings. The summed E-state index contributed by atoms with van der Waals surface area (Å²) in [5.74, 6) is 0.892. The number of rotatable bonds is 9. The predicted octanol–water partition coefficient (Wildman–Crippen LogP) is 4.43. The van der Waals surface area contributed by atoms with Crippen LogP contribution in [0.15, 0.2) is 53.5 Å². The SMILES string of the molecule is CCOc1cc(-c2ccc(Cl)cc2)nc2cc(C(=O)NCCCC(N)=NC=N)ccc12. The molecule has 1 amide bonds. The van der Waals surface area contributed by atoms with Crippen molar-refractivity contribution in [2.45, 2.75) is 19.8 Å². The first kappa shape index (κ1) is 22.2. The number of aliphatic imine (C=N–C) groups is 1. The lowest BCUT2D eigenvalue weighted by Crippen LogP contribution is -2.25. The number of aromatic nitrogens is 1. The number of amidine groups is 1. The van der Waals surface area contributed by atoms with Crippen molar-refractivity contribution in [1.29, 1.82) is 5.41 Å². The van der Waals surface area contributed by atoms with Crippen molar-refractivity contribution < 1.29 is 9.53 Å². The van der Waals surface area contributed by atoms with E-state index in [2.05, 4.69) is 10.3 Å². The van der Waals surface area contributed by atoms with Crippen LogP contribution in [0.1, 0.15) is 30.1 Å². The Labute approximate surface area is 185 Å². The number of hydrogen-bond donors (Lipinski definition) is 3. The molecule has 0 aliphatic heterocycles. The molecule has 4 N–H and O–H groups in total. The van der Waals surface area contributed by atoms with Crippen molar-refractivity contribution in [3.05, 3.63) is 59.1 Å². The zero-order chi connectivity index (χ0) is 22.2. The van der Waals surface area contributed by atoms with E-state index in [1.54, 1.807) is 12.1 Å². The van der Waals surface area contributed by atoms with E-state index in [1.807, 2.05) is 43.3 Å². The second-order valence-corrected chi connectivity index (χ2v) is 7.22. The molecule has 1 aromatic heterocycles. The van der Waals surface area contributed by atoms with Crippen LogP contribution in [0.5, 0.6) is 5.75 Å². The van der Waals surface area contributed by atoms with Crippen LogP contribution in [0.4, 0.5) is 0 Å². The van der Waals surface area contributed by atoms with Gasteiger partial charge in [0.15, 0.2) is 0 Å². The van der Waals surface area contributed by atoms with Gasteiger partial charge >= 0.3 is 0 Å². The van der Waals surface area contributed by atoms with E-state index in [9.17, 15) is 4.79 Å². The quantitative estimate of drug-likeness (QED) is 0.261. The summed E-state index contributed by atoms with van der Waals surface area (Å²) in [4.78, 5) is 21.0. The van der Waals surface area contributed by atoms with Gasteiger partial charge in [-0.1, -0.05) is 23.7 Å². The smallest absolute Gasteiger partial charge is 0.251 e. The zero-order valence-corrected chi connectivity index (χ0v) is 17.9. The van der Waals surface area contributed by atoms with E-state index < -0.39 is 0 Å². The van der Waals surface area contributed by atoms with Crippen LogP contribution in [0.25, 0.3) is 22.2 Å². The largest absolute Gasteiger partial charge is 0.493 e. The maximum atomic E-state index is 12.6. The molecular formula is C23H24ClN5O2. The van der Waals surface area contributed by atoms with Gasteiger partial charge in [0.2, 0.25) is 0 Å². The van der Waals surface area contributed by atoms with Crippen LogP contribution in [0.2, 0.25) is 5.02 Å². The summed E-state index contributed by atoms with van der Waals surface area (Å²) >= 11 is 6.00. The van der Waals surface area contributed by atoms with Crippen molar-refractivity contribution in [3.63, 3.8) is 0 Å². The number of carbonyl (C=O) groups excluding carboxylic acids is 1. The number of fused-ring (bicyclic) bond motifs is 1. The Morgan fingerprint density at radius 3 is 2.74 bits per heavy atom. The Morgan fingerprint density at radius 1 is 1.26 bits per heavy atom. The van der Waals surface area contributed by atoms with E-state index in [0.717, 1.165) is 23.0 Å². The standard InChI is InChI=1S/C23H24ClN5O2/c1-2-31-21-13-19(15-5-8-17(24)9-6-15)29-20-12-16(7-10-18(20)21)23(30)27-11-3-4-22(26)28-14-25/h5-10,12-14H,2-4,11H2,1H3,(H,27,30)(H3,25,26,28). The third-order valence-corrected chi connectivity index (χ3v) is 4.85. The molecule has 0 radical (unpaired) electrons. The molecule has 160 valence electrons. The summed E-state index contributed by atoms with van der Waals surface area (Å²) in [5, 5.41) is 11.3. The number of nitrogens with zero attached hydrogens (tertiary/aromatic N) is 2. The number of halogens is 1. The number of carbonyl (C=O) groups is 1. The lowest BCUT2D eigenvalue weighted by atomic mass is 10.1. The molecular weight excluding hydrogens is 414 g/mol. The van der Waals surface area contributed by atoms with Crippen LogP contribution >= 0.6 is 11.6 Å². The first-order chi connectivity index (χ1) is 15.0. The summed E-state index contributed by atoms with van der Waals surface area (Å²) in [7, 11) is 0. The van der Waals surface area contributed by atoms with Crippen LogP contribution in [0, 0.1) is 5.41 Å². The number of amides is 1. The number of benzene rings is 2. The number of pyridine rings is 1. The molecule has 1 heterocycles. The van der Waals surface area contributed by atoms with Crippen molar-refractivity contribution in [3.8, 4) is 17.0 Å². The third kappa shape index (κ3) is 5.79. The summed E-state index contributed by atoms with van der Waals surface area (Å²) in [6.07, 6.45) is 2.05. The normalized spacial score (nSPS) is 11.4. The molecule has 0 saturated carbocycles. The Hall–Kier alpha value is -3.45. The molecule has 0 aliphatic carbocycles. The zero-order valence-electron chi connectivity index (χ0n) is 17.2. The van der Waals surface area contributed by atoms with Gasteiger partial charge in [-0.05, 0) is 43.7 Å². The Bertz CT molecular complexity index is 1110. The Balaban J connectivity index is 1.84. The van der Waals surface area contributed by atoms with Gasteiger partial charge in [-0.15, -0.1) is 0 Å². The van der Waals surface area contributed by atoms with Crippen LogP contribution in [-0.2, 0) is 0 Å². The molecule has 0 saturated heterocycles. The molecule has 3 aromatic rings. The molecule has 7 nitrogen and oxygen atoms in total. The highest BCUT2D eigenvalue weighted by molar-refractivity contribution is 6.30. The first-order valence-corrected chi connectivity index (χ1v) is 10.3. The summed E-state index contributed by atoms with van der Waals surface area (Å²) in [6.45, 7) is 2.90. The fourth-order valence-corrected chi connectivity index (χ4v) is 3.23. The van der Waals surface area contributed by atoms with Gasteiger partial charge in [0.25, 0.3) is 5.91 Å². The Kier molecular flexibility index (Phi) is 7.56. The fraction of sp³-hybridized carbons (Fsp3) is 0.217. The molecule has 0 spiro atoms. The summed E-state index contributed by atoms with van der Waals surface area (Å²) in [6, 6.07) is 14.7. The second-order valence-electron chi connectivity index (χ2n) is 6.79. The van der Waals surface area contributed by atoms with Crippen molar-refractivity contribution in [1.82, 2.24) is 10.3 Å². The molecule has 0 bridgehead atoms. The molecule has 0 atom stereocenters. The second kappa shape index (κ2) is 10.5. The molecule has 3 rings (SSSR count). The third-order valence-electron chi connectivity index (χ3n) is 4.60. The van der Waals surface area contributed by atoms with Crippen LogP contribution in [-0.4, -0.2) is 36.2 Å². The highest BCUT2D eigenvalue weighted by Gasteiger charge is 2.12. The predicted molar refractivity (Wildman–Crippen MR) is 125 cm³/mol. The average molecular weight is 438 g/mol. The number of nitrogens with two attached hydrogens (primary N) is 1. The fourth-order valence-electron chi connectivity index (χ4n) is 3.10. The van der Waals surface area contributed by atoms with Gasteiger partial charge in [-0.25, -0.2) is 9.98 Å². The number of ether oxygens (including phenoxy) is 1. The maximum absolute atomic E-state index is 12.6. The Morgan fingerprint density at radius 2 is 2.03 bits per heavy atom. The maximum Gasteiger partial charge on any atom is 0.251 e. The van der Waals surface area contributed by atoms with Crippen molar-refractivity contribution in [2.24, 2.45) is 10.7 Å². The van der Waals surface area contributed by atoms with Gasteiger partial charge in [0.1, 0.15) is 17.9 Å². The monoisotopic (exact) mass is 437 g/mol. The van der Waals surface area contributed by atoms with Gasteiger partial charge in [0, 0.05) is 40.6 Å². The summed E-state index contributed by atoms with van der Waals surface area (Å²) < 4.78 is 5.82. The number of nitrogens with one attached hydrogen (secondary N) is 2. The molecule has 2 aromatic carbocycles. The van der Waals surface area contributed by atoms with E-state index in [-0.39, 0.29) is 5.91 Å². The minimum absolute atomic E-state index is 0.193. The topological polar surface area (TPSA) is 113 Å². The van der Waals surface area contributed by atoms with E-state index in [1.165, 1.54) is 0 Å². The van der Waals surface area contributed by atoms with Crippen molar-refractivity contribution in [2.75, 3.05) is 13.2 Å². The minimum atomic E-state index is -0.193. The number of hydrogen-bond acceptors (Lipinski definition) is 4. The van der Waals surface area contributed by atoms with E-state index >= 15 is 0 Å². The van der Waals surface area contributed by atoms with E-state index in [0.29, 0.717) is 53.7 Å². The average Bonchev–Trinajstić information content (AvgIpc) is 2.77. The summed E-state index contributed by atoms with van der Waals surface area (Å²) in [5.41, 5.74) is 8.48.